The van der Waals surface area contributed by atoms with Gasteiger partial charge in [0.2, 0.25) is 0 Å². The Bertz CT molecular complexity index is 642. The van der Waals surface area contributed by atoms with E-state index in [9.17, 15) is 4.79 Å². The molecule has 1 aromatic rings. The van der Waals surface area contributed by atoms with Crippen LogP contribution >= 0.6 is 12.4 Å². The van der Waals surface area contributed by atoms with Crippen LogP contribution in [0.2, 0.25) is 0 Å². The predicted molar refractivity (Wildman–Crippen MR) is 112 cm³/mol. The van der Waals surface area contributed by atoms with Gasteiger partial charge in [-0.3, -0.25) is 4.79 Å². The van der Waals surface area contributed by atoms with Crippen molar-refractivity contribution in [3.05, 3.63) is 35.9 Å². The number of nitrogens with zero attached hydrogens (tertiary/aromatic N) is 2. The summed E-state index contributed by atoms with van der Waals surface area (Å²) in [6, 6.07) is 10.7. The van der Waals surface area contributed by atoms with Gasteiger partial charge < -0.3 is 19.3 Å². The van der Waals surface area contributed by atoms with Gasteiger partial charge in [-0.15, -0.1) is 12.4 Å². The predicted octanol–water partition coefficient (Wildman–Crippen LogP) is 2.91. The molecule has 2 aliphatic heterocycles. The van der Waals surface area contributed by atoms with E-state index in [-0.39, 0.29) is 23.9 Å². The highest BCUT2D eigenvalue weighted by Crippen LogP contribution is 2.49. The fraction of sp³-hybridized carbons (Fsp3) is 0.682. The van der Waals surface area contributed by atoms with Crippen LogP contribution in [0.25, 0.3) is 0 Å². The molecule has 156 valence electrons. The number of ether oxygens (including phenoxy) is 2. The zero-order valence-corrected chi connectivity index (χ0v) is 17.7. The number of carbonyl (C=O) groups is 1. The smallest absolute Gasteiger partial charge is 0.254 e. The standard InChI is InChI=1S/C22H32N2O3.ClH/c1-26-17-5-13-24-18-21(27-22(9-10-22)20(24)25)11-15-23(16-12-21)14-8-19-6-3-2-4-7-19;/h2-4,6-7H,5,8-18H2,1H3;1H. The minimum Gasteiger partial charge on any atom is -0.385 e. The molecule has 4 rings (SSSR count). The van der Waals surface area contributed by atoms with Crippen molar-refractivity contribution in [2.45, 2.75) is 49.7 Å². The van der Waals surface area contributed by atoms with E-state index in [1.54, 1.807) is 7.11 Å². The number of carbonyl (C=O) groups excluding carboxylic acids is 1. The third kappa shape index (κ3) is 4.70. The van der Waals surface area contributed by atoms with Crippen molar-refractivity contribution in [1.82, 2.24) is 9.80 Å². The molecule has 1 saturated carbocycles. The second kappa shape index (κ2) is 9.12. The van der Waals surface area contributed by atoms with Gasteiger partial charge in [0.05, 0.1) is 5.60 Å². The lowest BCUT2D eigenvalue weighted by Crippen LogP contribution is -2.63. The normalized spacial score (nSPS) is 23.0. The van der Waals surface area contributed by atoms with Crippen LogP contribution in [0.4, 0.5) is 0 Å². The molecule has 3 aliphatic rings. The molecule has 5 nitrogen and oxygen atoms in total. The number of likely N-dealkylation sites (tertiary alicyclic amines) is 1. The maximum absolute atomic E-state index is 12.8. The maximum atomic E-state index is 12.8. The molecule has 0 aromatic heterocycles. The molecule has 2 spiro atoms. The van der Waals surface area contributed by atoms with E-state index in [2.05, 4.69) is 40.1 Å². The van der Waals surface area contributed by atoms with Crippen molar-refractivity contribution in [3.63, 3.8) is 0 Å². The van der Waals surface area contributed by atoms with Gasteiger partial charge in [0.25, 0.3) is 5.91 Å². The minimum atomic E-state index is -0.489. The number of hydrogen-bond donors (Lipinski definition) is 0. The fourth-order valence-corrected chi connectivity index (χ4v) is 4.58. The number of rotatable bonds is 7. The van der Waals surface area contributed by atoms with Crippen LogP contribution in [0.15, 0.2) is 30.3 Å². The molecule has 6 heteroatoms. The summed E-state index contributed by atoms with van der Waals surface area (Å²) in [5, 5.41) is 0. The average Bonchev–Trinajstić information content (AvgIpc) is 3.46. The number of halogens is 1. The highest BCUT2D eigenvalue weighted by atomic mass is 35.5. The van der Waals surface area contributed by atoms with Crippen molar-refractivity contribution in [2.24, 2.45) is 0 Å². The molecule has 2 saturated heterocycles. The molecule has 0 bridgehead atoms. The van der Waals surface area contributed by atoms with Crippen LogP contribution in [-0.4, -0.2) is 73.3 Å². The van der Waals surface area contributed by atoms with E-state index >= 15 is 0 Å². The van der Waals surface area contributed by atoms with Crippen molar-refractivity contribution >= 4 is 18.3 Å². The summed E-state index contributed by atoms with van der Waals surface area (Å²) in [6.07, 6.45) is 5.84. The molecule has 0 radical (unpaired) electrons. The second-order valence-corrected chi connectivity index (χ2v) is 8.43. The van der Waals surface area contributed by atoms with Crippen LogP contribution in [0.1, 0.15) is 37.7 Å². The van der Waals surface area contributed by atoms with Gasteiger partial charge in [-0.1, -0.05) is 30.3 Å². The van der Waals surface area contributed by atoms with Crippen LogP contribution in [0.3, 0.4) is 0 Å². The number of piperidine rings is 1. The van der Waals surface area contributed by atoms with E-state index in [1.165, 1.54) is 5.56 Å². The zero-order valence-electron chi connectivity index (χ0n) is 16.9. The lowest BCUT2D eigenvalue weighted by atomic mass is 9.87. The van der Waals surface area contributed by atoms with Gasteiger partial charge >= 0.3 is 0 Å². The summed E-state index contributed by atoms with van der Waals surface area (Å²) in [7, 11) is 1.72. The average molecular weight is 409 g/mol. The first-order valence-corrected chi connectivity index (χ1v) is 10.4. The Morgan fingerprint density at radius 3 is 2.43 bits per heavy atom. The highest BCUT2D eigenvalue weighted by molar-refractivity contribution is 5.89. The van der Waals surface area contributed by atoms with E-state index < -0.39 is 5.60 Å². The SMILES string of the molecule is COCCCN1CC2(CCN(CCc3ccccc3)CC2)OC2(CC2)C1=O.Cl. The van der Waals surface area contributed by atoms with Crippen molar-refractivity contribution in [3.8, 4) is 0 Å². The Balaban J connectivity index is 0.00000225. The largest absolute Gasteiger partial charge is 0.385 e. The lowest BCUT2D eigenvalue weighted by Gasteiger charge is -2.50. The zero-order chi connectivity index (χ0) is 18.7. The molecule has 0 atom stereocenters. The van der Waals surface area contributed by atoms with Gasteiger partial charge in [-0.25, -0.2) is 0 Å². The Kier molecular flexibility index (Phi) is 7.02. The van der Waals surface area contributed by atoms with Gasteiger partial charge in [0.15, 0.2) is 0 Å². The molecule has 1 aromatic carbocycles. The number of amides is 1. The fourth-order valence-electron chi connectivity index (χ4n) is 4.58. The molecule has 0 unspecified atom stereocenters. The van der Waals surface area contributed by atoms with E-state index in [0.717, 1.165) is 71.2 Å². The molecule has 3 fully saturated rings. The third-order valence-corrected chi connectivity index (χ3v) is 6.38. The Morgan fingerprint density at radius 1 is 1.07 bits per heavy atom. The van der Waals surface area contributed by atoms with Crippen molar-refractivity contribution < 1.29 is 14.3 Å². The molecule has 1 amide bonds. The lowest BCUT2D eigenvalue weighted by molar-refractivity contribution is -0.200. The van der Waals surface area contributed by atoms with E-state index in [0.29, 0.717) is 6.61 Å². The molecular weight excluding hydrogens is 376 g/mol. The second-order valence-electron chi connectivity index (χ2n) is 8.43. The molecule has 28 heavy (non-hydrogen) atoms. The number of morpholine rings is 1. The van der Waals surface area contributed by atoms with Gasteiger partial charge in [0.1, 0.15) is 5.60 Å². The van der Waals surface area contributed by atoms with Gasteiger partial charge in [-0.2, -0.15) is 0 Å². The monoisotopic (exact) mass is 408 g/mol. The summed E-state index contributed by atoms with van der Waals surface area (Å²) in [5.74, 6) is 0.218. The van der Waals surface area contributed by atoms with Gasteiger partial charge in [-0.05, 0) is 44.1 Å². The Labute approximate surface area is 174 Å². The third-order valence-electron chi connectivity index (χ3n) is 6.38. The first-order valence-electron chi connectivity index (χ1n) is 10.4. The van der Waals surface area contributed by atoms with E-state index in [1.807, 2.05) is 0 Å². The highest BCUT2D eigenvalue weighted by Gasteiger charge is 2.61. The maximum Gasteiger partial charge on any atom is 0.254 e. The summed E-state index contributed by atoms with van der Waals surface area (Å²) >= 11 is 0. The van der Waals surface area contributed by atoms with Crippen molar-refractivity contribution in [1.29, 1.82) is 0 Å². The number of methoxy groups -OCH3 is 1. The summed E-state index contributed by atoms with van der Waals surface area (Å²) in [5.41, 5.74) is 0.775. The molecule has 2 heterocycles. The molecule has 1 aliphatic carbocycles. The Morgan fingerprint density at radius 2 is 1.79 bits per heavy atom. The molecular formula is C22H33ClN2O3. The van der Waals surface area contributed by atoms with Crippen LogP contribution in [0.5, 0.6) is 0 Å². The van der Waals surface area contributed by atoms with Crippen LogP contribution < -0.4 is 0 Å². The number of hydrogen-bond acceptors (Lipinski definition) is 4. The Hall–Kier alpha value is -1.14. The summed E-state index contributed by atoms with van der Waals surface area (Å²) in [6.45, 7) is 5.47. The van der Waals surface area contributed by atoms with Crippen LogP contribution in [0, 0.1) is 0 Å². The summed E-state index contributed by atoms with van der Waals surface area (Å²) < 4.78 is 11.7. The topological polar surface area (TPSA) is 42.0 Å². The molecule has 0 N–H and O–H groups in total. The van der Waals surface area contributed by atoms with E-state index in [4.69, 9.17) is 9.47 Å². The minimum absolute atomic E-state index is 0. The quantitative estimate of drug-likeness (QED) is 0.650. The van der Waals surface area contributed by atoms with Crippen molar-refractivity contribution in [2.75, 3.05) is 46.4 Å². The first-order chi connectivity index (χ1) is 13.1. The first kappa shape index (κ1) is 21.6. The van der Waals surface area contributed by atoms with Gasteiger partial charge in [0, 0.05) is 46.4 Å². The summed E-state index contributed by atoms with van der Waals surface area (Å²) in [4.78, 5) is 17.4. The van der Waals surface area contributed by atoms with Crippen LogP contribution in [-0.2, 0) is 20.7 Å². The number of benzene rings is 1.